The first-order chi connectivity index (χ1) is 16.5. The van der Waals surface area contributed by atoms with Crippen LogP contribution in [0.15, 0.2) is 93.1 Å². The Morgan fingerprint density at radius 1 is 0.857 bits per heavy atom. The predicted octanol–water partition coefficient (Wildman–Crippen LogP) is 2.62. The van der Waals surface area contributed by atoms with E-state index < -0.39 is 37.9 Å². The summed E-state index contributed by atoms with van der Waals surface area (Å²) in [5, 5.41) is 5.11. The average Bonchev–Trinajstić information content (AvgIpc) is 3.11. The molecular formula is C23H20BrN3O6S2. The van der Waals surface area contributed by atoms with Gasteiger partial charge in [0.1, 0.15) is 6.04 Å². The second-order valence-corrected chi connectivity index (χ2v) is 12.2. The molecule has 1 fully saturated rings. The van der Waals surface area contributed by atoms with Crippen molar-refractivity contribution in [2.75, 3.05) is 4.90 Å². The third-order valence-corrected chi connectivity index (χ3v) is 8.82. The van der Waals surface area contributed by atoms with Gasteiger partial charge in [0.15, 0.2) is 0 Å². The van der Waals surface area contributed by atoms with Crippen LogP contribution in [0, 0.1) is 0 Å². The quantitative estimate of drug-likeness (QED) is 0.429. The van der Waals surface area contributed by atoms with Gasteiger partial charge < -0.3 is 0 Å². The number of rotatable bonds is 7. The number of benzene rings is 3. The summed E-state index contributed by atoms with van der Waals surface area (Å²) >= 11 is 3.28. The van der Waals surface area contributed by atoms with Gasteiger partial charge in [-0.15, -0.1) is 0 Å². The first-order valence-corrected chi connectivity index (χ1v) is 14.1. The number of carbonyl (C=O) groups excluding carboxylic acids is 2. The van der Waals surface area contributed by atoms with E-state index in [1.165, 1.54) is 36.4 Å². The summed E-state index contributed by atoms with van der Waals surface area (Å²) in [5.41, 5.74) is 0.764. The molecule has 1 saturated heterocycles. The van der Waals surface area contributed by atoms with Gasteiger partial charge in [-0.05, 0) is 54.1 Å². The highest BCUT2D eigenvalue weighted by Gasteiger charge is 2.47. The molecule has 3 aromatic rings. The van der Waals surface area contributed by atoms with E-state index in [-0.39, 0.29) is 28.4 Å². The lowest BCUT2D eigenvalue weighted by Gasteiger charge is -2.27. The minimum absolute atomic E-state index is 0.0205. The van der Waals surface area contributed by atoms with Gasteiger partial charge in [-0.1, -0.05) is 46.3 Å². The molecule has 182 valence electrons. The first kappa shape index (κ1) is 25.2. The molecule has 0 aromatic heterocycles. The van der Waals surface area contributed by atoms with Crippen LogP contribution < -0.4 is 10.0 Å². The normalized spacial score (nSPS) is 16.8. The molecule has 3 aromatic carbocycles. The van der Waals surface area contributed by atoms with Gasteiger partial charge in [-0.2, -0.15) is 4.31 Å². The van der Waals surface area contributed by atoms with E-state index >= 15 is 0 Å². The van der Waals surface area contributed by atoms with Gasteiger partial charge in [0.2, 0.25) is 26.0 Å². The fourth-order valence-electron chi connectivity index (χ4n) is 3.77. The van der Waals surface area contributed by atoms with Gasteiger partial charge >= 0.3 is 0 Å². The van der Waals surface area contributed by atoms with Crippen molar-refractivity contribution in [2.24, 2.45) is 5.14 Å². The number of hydrogen-bond acceptors (Lipinski definition) is 6. The third-order valence-electron chi connectivity index (χ3n) is 5.50. The van der Waals surface area contributed by atoms with E-state index in [0.717, 1.165) is 9.21 Å². The lowest BCUT2D eigenvalue weighted by molar-refractivity contribution is -0.122. The molecule has 2 N–H and O–H groups in total. The molecule has 1 aliphatic heterocycles. The van der Waals surface area contributed by atoms with Crippen molar-refractivity contribution >= 4 is 53.5 Å². The van der Waals surface area contributed by atoms with Crippen molar-refractivity contribution in [1.82, 2.24) is 4.31 Å². The molecule has 1 aliphatic rings. The van der Waals surface area contributed by atoms with Crippen LogP contribution in [0.25, 0.3) is 0 Å². The summed E-state index contributed by atoms with van der Waals surface area (Å²) < 4.78 is 52.0. The van der Waals surface area contributed by atoms with Crippen molar-refractivity contribution < 1.29 is 26.4 Å². The minimum atomic E-state index is -4.17. The van der Waals surface area contributed by atoms with E-state index in [1.54, 1.807) is 42.5 Å². The zero-order chi connectivity index (χ0) is 25.4. The average molecular weight is 578 g/mol. The number of amides is 2. The molecule has 35 heavy (non-hydrogen) atoms. The van der Waals surface area contributed by atoms with E-state index in [2.05, 4.69) is 15.9 Å². The van der Waals surface area contributed by atoms with Crippen LogP contribution in [-0.4, -0.2) is 39.0 Å². The van der Waals surface area contributed by atoms with Gasteiger partial charge in [0.25, 0.3) is 5.91 Å². The van der Waals surface area contributed by atoms with Gasteiger partial charge in [0.05, 0.1) is 21.9 Å². The van der Waals surface area contributed by atoms with Crippen LogP contribution in [0.1, 0.15) is 12.0 Å². The van der Waals surface area contributed by atoms with Crippen LogP contribution in [0.4, 0.5) is 5.69 Å². The zero-order valence-corrected chi connectivity index (χ0v) is 21.3. The van der Waals surface area contributed by atoms with E-state index in [4.69, 9.17) is 5.14 Å². The standard InChI is InChI=1S/C23H20BrN3O6S2/c24-17-6-10-20(11-7-17)35(32,33)26(15-16-4-2-1-3-5-16)21-14-22(28)27(23(21)29)18-8-12-19(13-9-18)34(25,30)31/h1-13,21H,14-15H2,(H2,25,30,31). The molecule has 0 radical (unpaired) electrons. The van der Waals surface area contributed by atoms with E-state index in [0.29, 0.717) is 10.0 Å². The summed E-state index contributed by atoms with van der Waals surface area (Å²) in [5.74, 6) is -1.33. The van der Waals surface area contributed by atoms with Crippen LogP contribution in [0.3, 0.4) is 0 Å². The number of imide groups is 1. The number of sulfonamides is 2. The monoisotopic (exact) mass is 577 g/mol. The smallest absolute Gasteiger partial charge is 0.252 e. The first-order valence-electron chi connectivity index (χ1n) is 10.3. The van der Waals surface area contributed by atoms with Crippen LogP contribution in [0.2, 0.25) is 0 Å². The molecule has 0 bridgehead atoms. The number of nitrogens with zero attached hydrogens (tertiary/aromatic N) is 2. The SMILES string of the molecule is NS(=O)(=O)c1ccc(N2C(=O)CC(N(Cc3ccccc3)S(=O)(=O)c3ccc(Br)cc3)C2=O)cc1. The molecular weight excluding hydrogens is 558 g/mol. The molecule has 9 nitrogen and oxygen atoms in total. The summed E-state index contributed by atoms with van der Waals surface area (Å²) in [4.78, 5) is 27.0. The Hall–Kier alpha value is -2.90. The van der Waals surface area contributed by atoms with E-state index in [1.807, 2.05) is 0 Å². The van der Waals surface area contributed by atoms with Crippen LogP contribution >= 0.6 is 15.9 Å². The molecule has 4 rings (SSSR count). The maximum absolute atomic E-state index is 13.6. The second kappa shape index (κ2) is 9.63. The molecule has 0 spiro atoms. The molecule has 1 atom stereocenters. The number of hydrogen-bond donors (Lipinski definition) is 1. The number of carbonyl (C=O) groups is 2. The second-order valence-electron chi connectivity index (χ2n) is 7.82. The number of halogens is 1. The Labute approximate surface area is 211 Å². The number of anilines is 1. The lowest BCUT2D eigenvalue weighted by atomic mass is 10.2. The van der Waals surface area contributed by atoms with Crippen molar-refractivity contribution in [1.29, 1.82) is 0 Å². The fraction of sp³-hybridized carbons (Fsp3) is 0.130. The zero-order valence-electron chi connectivity index (χ0n) is 18.1. The van der Waals surface area contributed by atoms with Crippen LogP contribution in [0.5, 0.6) is 0 Å². The summed E-state index contributed by atoms with van der Waals surface area (Å²) in [6.45, 7) is -0.124. The Morgan fingerprint density at radius 3 is 2.00 bits per heavy atom. The minimum Gasteiger partial charge on any atom is -0.274 e. The van der Waals surface area contributed by atoms with Crippen molar-refractivity contribution in [3.63, 3.8) is 0 Å². The molecule has 1 unspecified atom stereocenters. The molecule has 12 heteroatoms. The lowest BCUT2D eigenvalue weighted by Crippen LogP contribution is -2.45. The van der Waals surface area contributed by atoms with Gasteiger partial charge in [0, 0.05) is 11.0 Å². The predicted molar refractivity (Wildman–Crippen MR) is 132 cm³/mol. The van der Waals surface area contributed by atoms with Crippen molar-refractivity contribution in [3.8, 4) is 0 Å². The maximum atomic E-state index is 13.6. The van der Waals surface area contributed by atoms with Crippen molar-refractivity contribution in [2.45, 2.75) is 28.8 Å². The van der Waals surface area contributed by atoms with Gasteiger partial charge in [-0.25, -0.2) is 26.9 Å². The summed E-state index contributed by atoms with van der Waals surface area (Å²) in [7, 11) is -8.13. The maximum Gasteiger partial charge on any atom is 0.252 e. The third kappa shape index (κ3) is 5.21. The Kier molecular flexibility index (Phi) is 6.93. The molecule has 0 saturated carbocycles. The Morgan fingerprint density at radius 2 is 1.43 bits per heavy atom. The molecule has 1 heterocycles. The number of primary sulfonamides is 1. The highest BCUT2D eigenvalue weighted by atomic mass is 79.9. The van der Waals surface area contributed by atoms with Crippen LogP contribution in [-0.2, 0) is 36.2 Å². The van der Waals surface area contributed by atoms with Gasteiger partial charge in [-0.3, -0.25) is 9.59 Å². The van der Waals surface area contributed by atoms with Crippen molar-refractivity contribution in [3.05, 3.63) is 88.9 Å². The molecule has 0 aliphatic carbocycles. The molecule has 2 amide bonds. The largest absolute Gasteiger partial charge is 0.274 e. The summed E-state index contributed by atoms with van der Waals surface area (Å²) in [6, 6.07) is 18.4. The Balaban J connectivity index is 1.73. The highest BCUT2D eigenvalue weighted by molar-refractivity contribution is 9.10. The number of nitrogens with two attached hydrogens (primary N) is 1. The fourth-order valence-corrected chi connectivity index (χ4v) is 6.11. The topological polar surface area (TPSA) is 135 Å². The summed E-state index contributed by atoms with van der Waals surface area (Å²) in [6.07, 6.45) is -0.363. The van der Waals surface area contributed by atoms with E-state index in [9.17, 15) is 26.4 Å². The highest BCUT2D eigenvalue weighted by Crippen LogP contribution is 2.31. The Bertz CT molecular complexity index is 1480.